The highest BCUT2D eigenvalue weighted by atomic mass is 127. The molecule has 12 heavy (non-hydrogen) atoms. The maximum Gasteiger partial charge on any atom is 0.113 e. The Kier molecular flexibility index (Phi) is 3.40. The van der Waals surface area contributed by atoms with Gasteiger partial charge in [0, 0.05) is 12.8 Å². The molecule has 0 aromatic carbocycles. The summed E-state index contributed by atoms with van der Waals surface area (Å²) in [5, 5.41) is 0. The number of morpholine rings is 1. The van der Waals surface area contributed by atoms with Crippen molar-refractivity contribution in [3.05, 3.63) is 0 Å². The summed E-state index contributed by atoms with van der Waals surface area (Å²) in [5.74, 6) is 0. The maximum atomic E-state index is 5.56. The summed E-state index contributed by atoms with van der Waals surface area (Å²) in [5.41, 5.74) is 0. The molecule has 72 valence electrons. The molecule has 2 aliphatic heterocycles. The average Bonchev–Trinajstić information content (AvgIpc) is 1.82. The lowest BCUT2D eigenvalue weighted by molar-refractivity contribution is -0.952. The fourth-order valence-electron chi connectivity index (χ4n) is 2.44. The molecule has 0 aromatic heterocycles. The van der Waals surface area contributed by atoms with Crippen molar-refractivity contribution < 1.29 is 33.2 Å². The van der Waals surface area contributed by atoms with Crippen LogP contribution in [0, 0.1) is 0 Å². The molecule has 3 heteroatoms. The summed E-state index contributed by atoms with van der Waals surface area (Å²) >= 11 is 0. The Morgan fingerprint density at radius 3 is 2.00 bits per heavy atom. The number of likely N-dealkylation sites (N-methyl/N-ethyl adjacent to an activating group) is 1. The number of quaternary nitrogens is 1. The summed E-state index contributed by atoms with van der Waals surface area (Å²) in [6, 6.07) is 1.56. The predicted octanol–water partition coefficient (Wildman–Crippen LogP) is -1.98. The van der Waals surface area contributed by atoms with Crippen molar-refractivity contribution in [2.75, 3.05) is 27.3 Å². The van der Waals surface area contributed by atoms with Crippen LogP contribution in [0.4, 0.5) is 0 Å². The Hall–Kier alpha value is 0.650. The van der Waals surface area contributed by atoms with Gasteiger partial charge in [-0.2, -0.15) is 0 Å². The minimum Gasteiger partial charge on any atom is -1.00 e. The molecule has 2 atom stereocenters. The number of ether oxygens (including phenoxy) is 1. The first-order valence-corrected chi connectivity index (χ1v) is 4.62. The molecule has 2 fully saturated rings. The molecule has 0 aliphatic carbocycles. The van der Waals surface area contributed by atoms with Gasteiger partial charge in [-0.15, -0.1) is 0 Å². The molecule has 0 aromatic rings. The van der Waals surface area contributed by atoms with Gasteiger partial charge in [0.1, 0.15) is 12.1 Å². The lowest BCUT2D eigenvalue weighted by Crippen LogP contribution is -3.00. The van der Waals surface area contributed by atoms with Crippen LogP contribution in [0.3, 0.4) is 0 Å². The Balaban J connectivity index is 0.000000720. The molecule has 0 spiro atoms. The number of nitrogens with zero attached hydrogens (tertiary/aromatic N) is 1. The number of hydrogen-bond donors (Lipinski definition) is 0. The predicted molar refractivity (Wildman–Crippen MR) is 44.4 cm³/mol. The minimum atomic E-state index is 0. The molecule has 2 aliphatic rings. The fourth-order valence-corrected chi connectivity index (χ4v) is 2.44. The molecular weight excluding hydrogens is 265 g/mol. The number of rotatable bonds is 0. The molecule has 2 unspecified atom stereocenters. The molecule has 2 bridgehead atoms. The van der Waals surface area contributed by atoms with Gasteiger partial charge in [-0.25, -0.2) is 0 Å². The molecular formula is C9H18INO. The Morgan fingerprint density at radius 2 is 1.58 bits per heavy atom. The quantitative estimate of drug-likeness (QED) is 0.370. The van der Waals surface area contributed by atoms with Crippen molar-refractivity contribution in [1.29, 1.82) is 0 Å². The zero-order chi connectivity index (χ0) is 7.90. The van der Waals surface area contributed by atoms with Crippen LogP contribution >= 0.6 is 0 Å². The third-order valence-electron chi connectivity index (χ3n) is 3.58. The average molecular weight is 283 g/mol. The third-order valence-corrected chi connectivity index (χ3v) is 3.58. The van der Waals surface area contributed by atoms with E-state index in [0.717, 1.165) is 25.3 Å². The maximum absolute atomic E-state index is 5.56. The fraction of sp³-hybridized carbons (Fsp3) is 1.00. The second-order valence-electron chi connectivity index (χ2n) is 4.41. The van der Waals surface area contributed by atoms with Crippen LogP contribution in [0.2, 0.25) is 0 Å². The van der Waals surface area contributed by atoms with Crippen molar-refractivity contribution >= 4 is 0 Å². The zero-order valence-electron chi connectivity index (χ0n) is 7.92. The monoisotopic (exact) mass is 283 g/mol. The Labute approximate surface area is 91.9 Å². The molecule has 0 amide bonds. The molecule has 0 radical (unpaired) electrons. The van der Waals surface area contributed by atoms with Gasteiger partial charge in [0.25, 0.3) is 0 Å². The third kappa shape index (κ3) is 1.63. The van der Waals surface area contributed by atoms with E-state index < -0.39 is 0 Å². The summed E-state index contributed by atoms with van der Waals surface area (Å²) in [7, 11) is 4.72. The van der Waals surface area contributed by atoms with E-state index in [1.807, 2.05) is 0 Å². The second kappa shape index (κ2) is 3.80. The summed E-state index contributed by atoms with van der Waals surface area (Å²) in [6.07, 6.45) is 4.15. The lowest BCUT2D eigenvalue weighted by atomic mass is 9.92. The first kappa shape index (κ1) is 10.7. The summed E-state index contributed by atoms with van der Waals surface area (Å²) < 4.78 is 6.76. The van der Waals surface area contributed by atoms with Gasteiger partial charge >= 0.3 is 0 Å². The van der Waals surface area contributed by atoms with Crippen molar-refractivity contribution in [2.24, 2.45) is 0 Å². The van der Waals surface area contributed by atoms with Gasteiger partial charge in [-0.3, -0.25) is 0 Å². The van der Waals surface area contributed by atoms with Crippen LogP contribution in [0.1, 0.15) is 19.3 Å². The van der Waals surface area contributed by atoms with E-state index in [-0.39, 0.29) is 24.0 Å². The van der Waals surface area contributed by atoms with E-state index in [1.54, 1.807) is 0 Å². The molecule has 2 nitrogen and oxygen atoms in total. The number of halogens is 1. The largest absolute Gasteiger partial charge is 1.00 e. The van der Waals surface area contributed by atoms with E-state index in [0.29, 0.717) is 0 Å². The number of hydrogen-bond acceptors (Lipinski definition) is 1. The van der Waals surface area contributed by atoms with E-state index in [2.05, 4.69) is 14.1 Å². The molecule has 0 saturated carbocycles. The van der Waals surface area contributed by atoms with Gasteiger partial charge in [0.15, 0.2) is 0 Å². The summed E-state index contributed by atoms with van der Waals surface area (Å²) in [4.78, 5) is 0. The normalized spacial score (nSPS) is 38.5. The SMILES string of the molecule is C[N+]1(C)C2CCCC1COC2.[I-]. The molecule has 2 rings (SSSR count). The van der Waals surface area contributed by atoms with E-state index in [1.165, 1.54) is 23.7 Å². The zero-order valence-corrected chi connectivity index (χ0v) is 10.1. The van der Waals surface area contributed by atoms with Crippen LogP contribution in [-0.4, -0.2) is 43.9 Å². The van der Waals surface area contributed by atoms with Crippen LogP contribution in [-0.2, 0) is 4.74 Å². The van der Waals surface area contributed by atoms with Crippen molar-refractivity contribution in [3.63, 3.8) is 0 Å². The van der Waals surface area contributed by atoms with Gasteiger partial charge in [0.2, 0.25) is 0 Å². The lowest BCUT2D eigenvalue weighted by Gasteiger charge is -2.50. The molecule has 2 saturated heterocycles. The standard InChI is InChI=1S/C9H18NO.HI/c1-10(2)8-4-3-5-9(10)7-11-6-8;/h8-9H,3-7H2,1-2H3;1H/q+1;/p-1. The number of piperidine rings is 1. The van der Waals surface area contributed by atoms with Crippen LogP contribution in [0.25, 0.3) is 0 Å². The summed E-state index contributed by atoms with van der Waals surface area (Å²) in [6.45, 7) is 1.98. The van der Waals surface area contributed by atoms with Gasteiger partial charge in [-0.1, -0.05) is 0 Å². The van der Waals surface area contributed by atoms with Crippen molar-refractivity contribution in [3.8, 4) is 0 Å². The highest BCUT2D eigenvalue weighted by Gasteiger charge is 2.43. The Morgan fingerprint density at radius 1 is 1.08 bits per heavy atom. The van der Waals surface area contributed by atoms with Gasteiger partial charge in [0.05, 0.1) is 27.3 Å². The van der Waals surface area contributed by atoms with Crippen molar-refractivity contribution in [1.82, 2.24) is 0 Å². The van der Waals surface area contributed by atoms with E-state index in [4.69, 9.17) is 4.74 Å². The topological polar surface area (TPSA) is 9.23 Å². The molecule has 2 heterocycles. The minimum absolute atomic E-state index is 0. The first-order valence-electron chi connectivity index (χ1n) is 4.62. The Bertz CT molecular complexity index is 137. The number of fused-ring (bicyclic) bond motifs is 2. The van der Waals surface area contributed by atoms with Crippen LogP contribution in [0.5, 0.6) is 0 Å². The van der Waals surface area contributed by atoms with Gasteiger partial charge in [-0.05, 0) is 6.42 Å². The van der Waals surface area contributed by atoms with Crippen molar-refractivity contribution in [2.45, 2.75) is 31.3 Å². The highest BCUT2D eigenvalue weighted by molar-refractivity contribution is 4.75. The van der Waals surface area contributed by atoms with Gasteiger partial charge < -0.3 is 33.2 Å². The molecule has 0 N–H and O–H groups in total. The van der Waals surface area contributed by atoms with E-state index in [9.17, 15) is 0 Å². The van der Waals surface area contributed by atoms with Crippen LogP contribution < -0.4 is 24.0 Å². The second-order valence-corrected chi connectivity index (χ2v) is 4.41. The smallest absolute Gasteiger partial charge is 0.113 e. The van der Waals surface area contributed by atoms with E-state index >= 15 is 0 Å². The first-order chi connectivity index (χ1) is 5.21. The van der Waals surface area contributed by atoms with Crippen LogP contribution in [0.15, 0.2) is 0 Å². The highest BCUT2D eigenvalue weighted by Crippen LogP contribution is 2.31.